The number of nitrogens with one attached hydrogen (secondary N) is 1. The molecule has 0 aromatic heterocycles. The van der Waals surface area contributed by atoms with E-state index in [-0.39, 0.29) is 43.0 Å². The highest BCUT2D eigenvalue weighted by Crippen LogP contribution is 2.64. The maximum Gasteiger partial charge on any atom is 0.303 e. The van der Waals surface area contributed by atoms with E-state index in [1.165, 1.54) is 41.3 Å². The van der Waals surface area contributed by atoms with Gasteiger partial charge in [-0.15, -0.1) is 0 Å². The molecule has 6 unspecified atom stereocenters. The van der Waals surface area contributed by atoms with Gasteiger partial charge in [-0.3, -0.25) is 34.3 Å². The fraction of sp³-hybridized carbons (Fsp3) is 0.342. The maximum atomic E-state index is 15.2. The summed E-state index contributed by atoms with van der Waals surface area (Å²) in [6.07, 6.45) is 3.37. The lowest BCUT2D eigenvalue weighted by Crippen LogP contribution is -2.53. The Morgan fingerprint density at radius 3 is 2.31 bits per heavy atom. The standard InChI is InChI=1S/C38H34ClF2N3O7/c39-22-8-6-21(7-9-22)38-28(35(49)44(37(38)51)42-24-12-10-23(40)11-13-24)19-27-25(33(38)20-5-16-30(45)29(41)18-20)14-15-26-32(27)36(50)43(34(26)48)17-3-1-2-4-31(46)47/h5-14,16,18,26-28,32-33,42,45H,1-4,15,17,19H2,(H,46,47). The van der Waals surface area contributed by atoms with E-state index in [1.54, 1.807) is 24.3 Å². The molecule has 3 N–H and O–H groups in total. The molecule has 7 rings (SSSR count). The Morgan fingerprint density at radius 1 is 0.902 bits per heavy atom. The summed E-state index contributed by atoms with van der Waals surface area (Å²) in [5, 5.41) is 20.4. The highest BCUT2D eigenvalue weighted by atomic mass is 35.5. The second-order valence-corrected chi connectivity index (χ2v) is 14.1. The summed E-state index contributed by atoms with van der Waals surface area (Å²) in [5.41, 5.74) is 2.77. The van der Waals surface area contributed by atoms with E-state index in [1.807, 2.05) is 6.08 Å². The largest absolute Gasteiger partial charge is 0.505 e. The normalized spacial score (nSPS) is 26.9. The van der Waals surface area contributed by atoms with E-state index in [0.717, 1.165) is 11.1 Å². The van der Waals surface area contributed by atoms with Crippen LogP contribution in [0.2, 0.25) is 5.02 Å². The maximum absolute atomic E-state index is 15.2. The molecule has 4 amide bonds. The molecule has 3 aromatic rings. The monoisotopic (exact) mass is 717 g/mol. The number of amides is 4. The number of imide groups is 2. The van der Waals surface area contributed by atoms with E-state index in [0.29, 0.717) is 35.4 Å². The number of fused-ring (bicyclic) bond motifs is 4. The zero-order valence-corrected chi connectivity index (χ0v) is 28.0. The van der Waals surface area contributed by atoms with Crippen molar-refractivity contribution in [2.75, 3.05) is 12.0 Å². The van der Waals surface area contributed by atoms with Crippen molar-refractivity contribution in [1.82, 2.24) is 9.91 Å². The summed E-state index contributed by atoms with van der Waals surface area (Å²) < 4.78 is 29.0. The number of hydrogen-bond acceptors (Lipinski definition) is 7. The lowest BCUT2D eigenvalue weighted by molar-refractivity contribution is -0.141. The van der Waals surface area contributed by atoms with Gasteiger partial charge in [0.25, 0.3) is 11.8 Å². The molecule has 0 radical (unpaired) electrons. The number of hydrazine groups is 1. The number of carbonyl (C=O) groups excluding carboxylic acids is 4. The van der Waals surface area contributed by atoms with Crippen molar-refractivity contribution in [3.8, 4) is 5.75 Å². The molecule has 4 aliphatic rings. The fourth-order valence-corrected chi connectivity index (χ4v) is 8.87. The summed E-state index contributed by atoms with van der Waals surface area (Å²) in [6.45, 7) is 0.129. The van der Waals surface area contributed by atoms with Gasteiger partial charge < -0.3 is 10.2 Å². The smallest absolute Gasteiger partial charge is 0.303 e. The van der Waals surface area contributed by atoms with E-state index in [4.69, 9.17) is 16.7 Å². The molecule has 2 aliphatic heterocycles. The summed E-state index contributed by atoms with van der Waals surface area (Å²) in [6, 6.07) is 15.4. The van der Waals surface area contributed by atoms with Crippen LogP contribution in [0.3, 0.4) is 0 Å². The van der Waals surface area contributed by atoms with E-state index in [2.05, 4.69) is 5.43 Å². The van der Waals surface area contributed by atoms with Gasteiger partial charge in [0.05, 0.1) is 28.9 Å². The van der Waals surface area contributed by atoms with Gasteiger partial charge in [-0.25, -0.2) is 8.78 Å². The summed E-state index contributed by atoms with van der Waals surface area (Å²) in [7, 11) is 0. The number of likely N-dealkylation sites (tertiary alicyclic amines) is 1. The number of phenolic OH excluding ortho intramolecular Hbond substituents is 1. The zero-order chi connectivity index (χ0) is 36.2. The molecule has 6 atom stereocenters. The van der Waals surface area contributed by atoms with Gasteiger partial charge in [0.15, 0.2) is 11.6 Å². The van der Waals surface area contributed by atoms with Gasteiger partial charge in [-0.2, -0.15) is 5.01 Å². The first-order valence-electron chi connectivity index (χ1n) is 16.9. The highest BCUT2D eigenvalue weighted by Gasteiger charge is 2.70. The second kappa shape index (κ2) is 13.2. The minimum absolute atomic E-state index is 0.0156. The average molecular weight is 718 g/mol. The van der Waals surface area contributed by atoms with Crippen LogP contribution in [-0.4, -0.2) is 56.3 Å². The Balaban J connectivity index is 1.35. The van der Waals surface area contributed by atoms with Crippen LogP contribution < -0.4 is 5.43 Å². The number of aliphatic carboxylic acids is 1. The van der Waals surface area contributed by atoms with Crippen LogP contribution in [0.25, 0.3) is 0 Å². The molecule has 264 valence electrons. The van der Waals surface area contributed by atoms with Crippen LogP contribution in [-0.2, 0) is 29.4 Å². The third-order valence-corrected chi connectivity index (χ3v) is 11.2. The third-order valence-electron chi connectivity index (χ3n) is 10.9. The van der Waals surface area contributed by atoms with Gasteiger partial charge in [0.2, 0.25) is 11.8 Å². The summed E-state index contributed by atoms with van der Waals surface area (Å²) >= 11 is 6.28. The lowest BCUT2D eigenvalue weighted by atomic mass is 9.49. The first-order chi connectivity index (χ1) is 24.4. The Kier molecular flexibility index (Phi) is 8.91. The van der Waals surface area contributed by atoms with Crippen LogP contribution in [0.5, 0.6) is 5.75 Å². The second-order valence-electron chi connectivity index (χ2n) is 13.6. The van der Waals surface area contributed by atoms with Crippen molar-refractivity contribution in [1.29, 1.82) is 0 Å². The molecule has 2 aliphatic carbocycles. The van der Waals surface area contributed by atoms with Crippen molar-refractivity contribution >= 4 is 46.9 Å². The van der Waals surface area contributed by atoms with Crippen LogP contribution in [0, 0.1) is 35.3 Å². The molecule has 1 saturated carbocycles. The molecule has 0 bridgehead atoms. The molecule has 2 saturated heterocycles. The van der Waals surface area contributed by atoms with Gasteiger partial charge >= 0.3 is 5.97 Å². The number of carbonyl (C=O) groups is 5. The van der Waals surface area contributed by atoms with Gasteiger partial charge in [0.1, 0.15) is 5.82 Å². The summed E-state index contributed by atoms with van der Waals surface area (Å²) in [4.78, 5) is 69.7. The molecule has 2 heterocycles. The zero-order valence-electron chi connectivity index (χ0n) is 27.2. The molecule has 0 spiro atoms. The number of phenols is 1. The number of hydrogen-bond donors (Lipinski definition) is 3. The SMILES string of the molecule is O=C(O)CCCCCN1C(=O)C2CC=C3C(CC4C(=O)N(Nc5ccc(F)cc5)C(=O)C4(c4ccc(Cl)cc4)C3c3ccc(O)c(F)c3)C2C1=O. The first kappa shape index (κ1) is 34.4. The Morgan fingerprint density at radius 2 is 1.63 bits per heavy atom. The number of aromatic hydroxyl groups is 1. The number of anilines is 1. The number of allylic oxidation sites excluding steroid dienone is 2. The molecular formula is C38H34ClF2N3O7. The fourth-order valence-electron chi connectivity index (χ4n) is 8.74. The molecule has 3 fully saturated rings. The van der Waals surface area contributed by atoms with Crippen molar-refractivity contribution in [3.63, 3.8) is 0 Å². The minimum atomic E-state index is -1.68. The molecule has 51 heavy (non-hydrogen) atoms. The number of rotatable bonds is 10. The van der Waals surface area contributed by atoms with E-state index >= 15 is 9.18 Å². The van der Waals surface area contributed by atoms with Crippen molar-refractivity contribution < 1.29 is 43.0 Å². The Labute approximate surface area is 296 Å². The van der Waals surface area contributed by atoms with E-state index < -0.39 is 76.1 Å². The number of benzene rings is 3. The van der Waals surface area contributed by atoms with Crippen LogP contribution in [0.15, 0.2) is 78.4 Å². The van der Waals surface area contributed by atoms with E-state index in [9.17, 15) is 28.7 Å². The van der Waals surface area contributed by atoms with Gasteiger partial charge in [-0.05, 0) is 91.3 Å². The predicted molar refractivity (Wildman–Crippen MR) is 180 cm³/mol. The Hall–Kier alpha value is -5.10. The number of nitrogens with zero attached hydrogens (tertiary/aromatic N) is 2. The predicted octanol–water partition coefficient (Wildman–Crippen LogP) is 5.95. The first-order valence-corrected chi connectivity index (χ1v) is 17.2. The van der Waals surface area contributed by atoms with Gasteiger partial charge in [0, 0.05) is 23.9 Å². The highest BCUT2D eigenvalue weighted by molar-refractivity contribution is 6.30. The number of unbranched alkanes of at least 4 members (excludes halogenated alkanes) is 2. The lowest BCUT2D eigenvalue weighted by Gasteiger charge is -2.50. The van der Waals surface area contributed by atoms with Crippen molar-refractivity contribution in [3.05, 3.63) is 106 Å². The quantitative estimate of drug-likeness (QED) is 0.133. The topological polar surface area (TPSA) is 144 Å². The average Bonchev–Trinajstić information content (AvgIpc) is 3.47. The van der Waals surface area contributed by atoms with Crippen LogP contribution in [0.4, 0.5) is 14.5 Å². The minimum Gasteiger partial charge on any atom is -0.505 e. The van der Waals surface area contributed by atoms with Crippen LogP contribution in [0.1, 0.15) is 55.6 Å². The third kappa shape index (κ3) is 5.65. The number of carboxylic acids is 1. The van der Waals surface area contributed by atoms with Crippen LogP contribution >= 0.6 is 11.6 Å². The van der Waals surface area contributed by atoms with Crippen molar-refractivity contribution in [2.24, 2.45) is 23.7 Å². The van der Waals surface area contributed by atoms with Gasteiger partial charge in [-0.1, -0.05) is 47.9 Å². The number of halogens is 3. The van der Waals surface area contributed by atoms with Crippen molar-refractivity contribution in [2.45, 2.75) is 49.9 Å². The molecule has 13 heteroatoms. The summed E-state index contributed by atoms with van der Waals surface area (Å²) in [5.74, 6) is -9.32. The molecule has 3 aromatic carbocycles. The Bertz CT molecular complexity index is 1970. The molecule has 10 nitrogen and oxygen atoms in total. The number of carboxylic acid groups (broad SMARTS) is 1. The molecular weight excluding hydrogens is 684 g/mol.